The number of aromatic carboxylic acids is 1. The van der Waals surface area contributed by atoms with Gasteiger partial charge in [-0.3, -0.25) is 0 Å². The Bertz CT molecular complexity index is 701. The molecule has 0 amide bonds. The highest BCUT2D eigenvalue weighted by molar-refractivity contribution is 7.12. The molecule has 0 aliphatic rings. The van der Waals surface area contributed by atoms with Crippen LogP contribution in [0.2, 0.25) is 0 Å². The number of carboxylic acids is 1. The Morgan fingerprint density at radius 2 is 2.37 bits per heavy atom. The number of hydrogen-bond acceptors (Lipinski definition) is 6. The number of carbonyl (C=O) groups is 1. The molecule has 0 saturated carbocycles. The first-order valence-electron chi connectivity index (χ1n) is 5.35. The van der Waals surface area contributed by atoms with Gasteiger partial charge in [0.15, 0.2) is 5.76 Å². The molecule has 96 valence electrons. The van der Waals surface area contributed by atoms with Gasteiger partial charge in [-0.2, -0.15) is 4.80 Å². The predicted octanol–water partition coefficient (Wildman–Crippen LogP) is 1.74. The van der Waals surface area contributed by atoms with E-state index in [1.807, 2.05) is 0 Å². The van der Waals surface area contributed by atoms with Crippen LogP contribution in [0.4, 0.5) is 0 Å². The van der Waals surface area contributed by atoms with Crippen molar-refractivity contribution in [3.63, 3.8) is 0 Å². The summed E-state index contributed by atoms with van der Waals surface area (Å²) in [5, 5.41) is 22.6. The van der Waals surface area contributed by atoms with E-state index in [2.05, 4.69) is 15.4 Å². The maximum Gasteiger partial charge on any atom is 0.346 e. The highest BCUT2D eigenvalue weighted by Crippen LogP contribution is 2.18. The Kier molecular flexibility index (Phi) is 2.84. The van der Waals surface area contributed by atoms with E-state index in [9.17, 15) is 4.79 Å². The Morgan fingerprint density at radius 3 is 3.11 bits per heavy atom. The molecule has 0 fully saturated rings. The maximum absolute atomic E-state index is 11.0. The fourth-order valence-corrected chi connectivity index (χ4v) is 2.37. The molecule has 3 heterocycles. The third-order valence-electron chi connectivity index (χ3n) is 2.45. The van der Waals surface area contributed by atoms with E-state index in [0.29, 0.717) is 17.1 Å². The molecule has 3 rings (SSSR count). The number of furan rings is 1. The van der Waals surface area contributed by atoms with Gasteiger partial charge in [-0.15, -0.1) is 21.5 Å². The van der Waals surface area contributed by atoms with Crippen LogP contribution >= 0.6 is 11.3 Å². The Balaban J connectivity index is 1.84. The van der Waals surface area contributed by atoms with Gasteiger partial charge >= 0.3 is 5.97 Å². The van der Waals surface area contributed by atoms with Crippen LogP contribution in [0.15, 0.2) is 34.3 Å². The lowest BCUT2D eigenvalue weighted by atomic mass is 10.2. The number of carboxylic acid groups (broad SMARTS) is 1. The van der Waals surface area contributed by atoms with Crippen LogP contribution in [0, 0.1) is 0 Å². The fraction of sp³-hybridized carbons (Fsp3) is 0.0909. The SMILES string of the molecule is O=C(O)c1sccc1Cn1nnc(-c2ccco2)n1. The molecule has 0 aliphatic carbocycles. The molecule has 0 aliphatic heterocycles. The molecular weight excluding hydrogens is 268 g/mol. The molecule has 8 heteroatoms. The first-order chi connectivity index (χ1) is 9.24. The lowest BCUT2D eigenvalue weighted by molar-refractivity contribution is 0.0701. The minimum Gasteiger partial charge on any atom is -0.477 e. The summed E-state index contributed by atoms with van der Waals surface area (Å²) in [5.41, 5.74) is 0.654. The van der Waals surface area contributed by atoms with Gasteiger partial charge in [0.1, 0.15) is 4.88 Å². The van der Waals surface area contributed by atoms with Gasteiger partial charge in [0, 0.05) is 5.56 Å². The molecule has 0 saturated heterocycles. The van der Waals surface area contributed by atoms with Crippen molar-refractivity contribution in [2.24, 2.45) is 0 Å². The number of tetrazole rings is 1. The van der Waals surface area contributed by atoms with Crippen LogP contribution in [0.3, 0.4) is 0 Å². The average Bonchev–Trinajstić information content (AvgIpc) is 3.09. The van der Waals surface area contributed by atoms with E-state index in [4.69, 9.17) is 9.52 Å². The molecule has 0 unspecified atom stereocenters. The van der Waals surface area contributed by atoms with E-state index < -0.39 is 5.97 Å². The summed E-state index contributed by atoms with van der Waals surface area (Å²) in [6.45, 7) is 0.263. The molecule has 3 aromatic rings. The van der Waals surface area contributed by atoms with E-state index in [0.717, 1.165) is 0 Å². The number of rotatable bonds is 4. The summed E-state index contributed by atoms with van der Waals surface area (Å²) in [6.07, 6.45) is 1.53. The van der Waals surface area contributed by atoms with Crippen molar-refractivity contribution in [3.05, 3.63) is 40.3 Å². The molecule has 7 nitrogen and oxygen atoms in total. The normalized spacial score (nSPS) is 10.7. The minimum atomic E-state index is -0.948. The van der Waals surface area contributed by atoms with Crippen LogP contribution in [-0.4, -0.2) is 31.3 Å². The Labute approximate surface area is 111 Å². The standard InChI is InChI=1S/C11H8N4O3S/c16-11(17)9-7(3-5-19-9)6-15-13-10(12-14-15)8-2-1-4-18-8/h1-5H,6H2,(H,16,17). The summed E-state index contributed by atoms with van der Waals surface area (Å²) >= 11 is 1.17. The zero-order valence-electron chi connectivity index (χ0n) is 9.55. The van der Waals surface area contributed by atoms with Crippen molar-refractivity contribution < 1.29 is 14.3 Å². The Hall–Kier alpha value is -2.48. The molecule has 0 spiro atoms. The summed E-state index contributed by atoms with van der Waals surface area (Å²) in [6, 6.07) is 5.20. The lowest BCUT2D eigenvalue weighted by Gasteiger charge is -1.97. The highest BCUT2D eigenvalue weighted by Gasteiger charge is 2.14. The maximum atomic E-state index is 11.0. The predicted molar refractivity (Wildman–Crippen MR) is 65.9 cm³/mol. The lowest BCUT2D eigenvalue weighted by Crippen LogP contribution is -2.07. The largest absolute Gasteiger partial charge is 0.477 e. The Morgan fingerprint density at radius 1 is 1.47 bits per heavy atom. The number of hydrogen-bond donors (Lipinski definition) is 1. The van der Waals surface area contributed by atoms with Crippen LogP contribution in [0.5, 0.6) is 0 Å². The van der Waals surface area contributed by atoms with Gasteiger partial charge in [-0.05, 0) is 28.8 Å². The third-order valence-corrected chi connectivity index (χ3v) is 3.39. The van der Waals surface area contributed by atoms with Crippen LogP contribution in [0.25, 0.3) is 11.6 Å². The zero-order chi connectivity index (χ0) is 13.2. The second-order valence-electron chi connectivity index (χ2n) is 3.70. The van der Waals surface area contributed by atoms with E-state index in [1.54, 1.807) is 23.6 Å². The second-order valence-corrected chi connectivity index (χ2v) is 4.62. The second kappa shape index (κ2) is 4.65. The summed E-state index contributed by atoms with van der Waals surface area (Å²) < 4.78 is 5.16. The first-order valence-corrected chi connectivity index (χ1v) is 6.23. The fourth-order valence-electron chi connectivity index (χ4n) is 1.61. The summed E-state index contributed by atoms with van der Waals surface area (Å²) in [4.78, 5) is 12.6. The van der Waals surface area contributed by atoms with Gasteiger partial charge in [0.2, 0.25) is 5.82 Å². The third kappa shape index (κ3) is 2.25. The van der Waals surface area contributed by atoms with Gasteiger partial charge in [0.05, 0.1) is 12.8 Å². The van der Waals surface area contributed by atoms with Gasteiger partial charge in [-0.1, -0.05) is 0 Å². The topological polar surface area (TPSA) is 94.0 Å². The molecule has 0 atom stereocenters. The van der Waals surface area contributed by atoms with E-state index in [1.165, 1.54) is 22.4 Å². The van der Waals surface area contributed by atoms with Crippen molar-refractivity contribution in [2.75, 3.05) is 0 Å². The molecular formula is C11H8N4O3S. The van der Waals surface area contributed by atoms with E-state index >= 15 is 0 Å². The van der Waals surface area contributed by atoms with Crippen molar-refractivity contribution in [2.45, 2.75) is 6.54 Å². The molecule has 0 aromatic carbocycles. The van der Waals surface area contributed by atoms with Gasteiger partial charge in [0.25, 0.3) is 0 Å². The van der Waals surface area contributed by atoms with Crippen molar-refractivity contribution in [1.29, 1.82) is 0 Å². The molecule has 1 N–H and O–H groups in total. The minimum absolute atomic E-state index is 0.263. The summed E-state index contributed by atoms with van der Waals surface area (Å²) in [5.74, 6) is -0.0523. The van der Waals surface area contributed by atoms with E-state index in [-0.39, 0.29) is 11.4 Å². The van der Waals surface area contributed by atoms with Crippen LogP contribution in [0.1, 0.15) is 15.2 Å². The monoisotopic (exact) mass is 276 g/mol. The number of nitrogens with zero attached hydrogens (tertiary/aromatic N) is 4. The summed E-state index contributed by atoms with van der Waals surface area (Å²) in [7, 11) is 0. The molecule has 0 radical (unpaired) electrons. The van der Waals surface area contributed by atoms with Crippen LogP contribution in [-0.2, 0) is 6.54 Å². The van der Waals surface area contributed by atoms with Crippen molar-refractivity contribution in [1.82, 2.24) is 20.2 Å². The molecule has 19 heavy (non-hydrogen) atoms. The zero-order valence-corrected chi connectivity index (χ0v) is 10.4. The molecule has 0 bridgehead atoms. The average molecular weight is 276 g/mol. The van der Waals surface area contributed by atoms with Gasteiger partial charge in [-0.25, -0.2) is 4.79 Å². The quantitative estimate of drug-likeness (QED) is 0.780. The van der Waals surface area contributed by atoms with Crippen molar-refractivity contribution >= 4 is 17.3 Å². The smallest absolute Gasteiger partial charge is 0.346 e. The van der Waals surface area contributed by atoms with Gasteiger partial charge < -0.3 is 9.52 Å². The first kappa shape index (κ1) is 11.6. The molecule has 3 aromatic heterocycles. The number of aromatic nitrogens is 4. The number of thiophene rings is 1. The van der Waals surface area contributed by atoms with Crippen LogP contribution < -0.4 is 0 Å². The highest BCUT2D eigenvalue weighted by atomic mass is 32.1. The van der Waals surface area contributed by atoms with Crippen molar-refractivity contribution in [3.8, 4) is 11.6 Å².